The first-order valence-electron chi connectivity index (χ1n) is 10.0. The Hall–Kier alpha value is -3.33. The van der Waals surface area contributed by atoms with E-state index in [1.165, 1.54) is 0 Å². The van der Waals surface area contributed by atoms with Gasteiger partial charge in [-0.2, -0.15) is 0 Å². The Morgan fingerprint density at radius 3 is 1.87 bits per heavy atom. The van der Waals surface area contributed by atoms with Crippen molar-refractivity contribution in [2.24, 2.45) is 0 Å². The molecule has 6 aromatic rings. The Kier molecular flexibility index (Phi) is 4.24. The number of hydrogen-bond acceptors (Lipinski definition) is 1. The highest BCUT2D eigenvalue weighted by molar-refractivity contribution is 6.43. The maximum Gasteiger partial charge on any atom is 0.137 e. The van der Waals surface area contributed by atoms with Gasteiger partial charge in [0.15, 0.2) is 0 Å². The largest absolute Gasteiger partial charge is 0.299 e. The second kappa shape index (κ2) is 7.12. The standard InChI is InChI=1S/C27H16Cl2N2/c28-21-15-19-20(16-22(21)29)26-27(31-14-8-7-13-23(31)30-26)25(18-11-5-2-6-12-18)24(19)17-9-3-1-4-10-17/h1-16H. The van der Waals surface area contributed by atoms with Crippen molar-refractivity contribution in [2.45, 2.75) is 0 Å². The first-order chi connectivity index (χ1) is 15.2. The van der Waals surface area contributed by atoms with Gasteiger partial charge in [-0.3, -0.25) is 4.40 Å². The highest BCUT2D eigenvalue weighted by Crippen LogP contribution is 2.46. The van der Waals surface area contributed by atoms with Gasteiger partial charge in [-0.05, 0) is 46.3 Å². The Balaban J connectivity index is 1.96. The molecule has 2 heterocycles. The van der Waals surface area contributed by atoms with E-state index in [1.807, 2.05) is 42.5 Å². The van der Waals surface area contributed by atoms with Crippen LogP contribution in [0.25, 0.3) is 49.7 Å². The molecule has 31 heavy (non-hydrogen) atoms. The van der Waals surface area contributed by atoms with E-state index in [0.717, 1.165) is 49.7 Å². The van der Waals surface area contributed by atoms with Gasteiger partial charge in [0.05, 0.1) is 21.1 Å². The lowest BCUT2D eigenvalue weighted by molar-refractivity contribution is 1.23. The highest BCUT2D eigenvalue weighted by Gasteiger charge is 2.22. The van der Waals surface area contributed by atoms with Crippen molar-refractivity contribution in [1.29, 1.82) is 0 Å². The minimum Gasteiger partial charge on any atom is -0.299 e. The van der Waals surface area contributed by atoms with Crippen LogP contribution in [0.2, 0.25) is 10.0 Å². The maximum absolute atomic E-state index is 6.52. The zero-order chi connectivity index (χ0) is 20.9. The van der Waals surface area contributed by atoms with Crippen LogP contribution in [0.1, 0.15) is 0 Å². The lowest BCUT2D eigenvalue weighted by atomic mass is 9.88. The van der Waals surface area contributed by atoms with Crippen LogP contribution in [-0.4, -0.2) is 9.38 Å². The summed E-state index contributed by atoms with van der Waals surface area (Å²) in [7, 11) is 0. The molecular weight excluding hydrogens is 423 g/mol. The smallest absolute Gasteiger partial charge is 0.137 e. The summed E-state index contributed by atoms with van der Waals surface area (Å²) < 4.78 is 2.16. The molecule has 0 saturated carbocycles. The third kappa shape index (κ3) is 2.83. The van der Waals surface area contributed by atoms with Crippen molar-refractivity contribution in [2.75, 3.05) is 0 Å². The maximum atomic E-state index is 6.52. The van der Waals surface area contributed by atoms with E-state index in [9.17, 15) is 0 Å². The number of rotatable bonds is 2. The molecule has 0 fully saturated rings. The van der Waals surface area contributed by atoms with Gasteiger partial charge >= 0.3 is 0 Å². The SMILES string of the molecule is Clc1cc2c(-c3ccccc3)c(-c3ccccc3)c3c(nc4ccccn43)c2cc1Cl. The van der Waals surface area contributed by atoms with E-state index in [4.69, 9.17) is 28.2 Å². The normalized spacial score (nSPS) is 11.5. The second-order valence-electron chi connectivity index (χ2n) is 7.53. The number of fused-ring (bicyclic) bond motifs is 5. The molecule has 0 aliphatic heterocycles. The van der Waals surface area contributed by atoms with Crippen molar-refractivity contribution in [1.82, 2.24) is 9.38 Å². The van der Waals surface area contributed by atoms with Gasteiger partial charge in [-0.15, -0.1) is 0 Å². The van der Waals surface area contributed by atoms with Crippen molar-refractivity contribution in [3.05, 3.63) is 107 Å². The molecule has 0 radical (unpaired) electrons. The van der Waals surface area contributed by atoms with Gasteiger partial charge in [-0.25, -0.2) is 4.98 Å². The summed E-state index contributed by atoms with van der Waals surface area (Å²) >= 11 is 13.0. The number of pyridine rings is 1. The molecule has 6 rings (SSSR count). The van der Waals surface area contributed by atoms with Crippen LogP contribution in [0.15, 0.2) is 97.2 Å². The average molecular weight is 439 g/mol. The summed E-state index contributed by atoms with van der Waals surface area (Å²) in [6.07, 6.45) is 2.06. The molecule has 0 aliphatic rings. The van der Waals surface area contributed by atoms with E-state index in [0.29, 0.717) is 10.0 Å². The molecule has 0 saturated heterocycles. The van der Waals surface area contributed by atoms with Gasteiger partial charge in [0.1, 0.15) is 5.65 Å². The van der Waals surface area contributed by atoms with Crippen LogP contribution in [0, 0.1) is 0 Å². The molecule has 2 aromatic heterocycles. The number of benzene rings is 4. The molecule has 0 aliphatic carbocycles. The van der Waals surface area contributed by atoms with Gasteiger partial charge in [0.2, 0.25) is 0 Å². The zero-order valence-electron chi connectivity index (χ0n) is 16.4. The Morgan fingerprint density at radius 2 is 1.19 bits per heavy atom. The lowest BCUT2D eigenvalue weighted by Crippen LogP contribution is -1.93. The summed E-state index contributed by atoms with van der Waals surface area (Å²) in [6, 6.07) is 30.9. The van der Waals surface area contributed by atoms with Crippen LogP contribution < -0.4 is 0 Å². The molecule has 0 amide bonds. The van der Waals surface area contributed by atoms with E-state index in [-0.39, 0.29) is 0 Å². The first-order valence-corrected chi connectivity index (χ1v) is 10.8. The van der Waals surface area contributed by atoms with E-state index in [2.05, 4.69) is 59.1 Å². The zero-order valence-corrected chi connectivity index (χ0v) is 17.9. The van der Waals surface area contributed by atoms with Crippen LogP contribution in [-0.2, 0) is 0 Å². The molecule has 0 N–H and O–H groups in total. The summed E-state index contributed by atoms with van der Waals surface area (Å²) in [4.78, 5) is 5.00. The first kappa shape index (κ1) is 18.4. The molecular formula is C27H16Cl2N2. The summed E-state index contributed by atoms with van der Waals surface area (Å²) in [5.74, 6) is 0. The topological polar surface area (TPSA) is 17.3 Å². The van der Waals surface area contributed by atoms with E-state index < -0.39 is 0 Å². The number of halogens is 2. The second-order valence-corrected chi connectivity index (χ2v) is 8.35. The number of hydrogen-bond donors (Lipinski definition) is 0. The molecule has 0 unspecified atom stereocenters. The van der Waals surface area contributed by atoms with Crippen LogP contribution >= 0.6 is 23.2 Å². The fraction of sp³-hybridized carbons (Fsp3) is 0. The third-order valence-electron chi connectivity index (χ3n) is 5.73. The van der Waals surface area contributed by atoms with Gasteiger partial charge < -0.3 is 0 Å². The predicted molar refractivity (Wildman–Crippen MR) is 131 cm³/mol. The molecule has 4 heteroatoms. The number of imidazole rings is 1. The quantitative estimate of drug-likeness (QED) is 0.265. The summed E-state index contributed by atoms with van der Waals surface area (Å²) in [6.45, 7) is 0. The predicted octanol–water partition coefficient (Wildman–Crippen LogP) is 8.28. The van der Waals surface area contributed by atoms with E-state index in [1.54, 1.807) is 0 Å². The monoisotopic (exact) mass is 438 g/mol. The summed E-state index contributed by atoms with van der Waals surface area (Å²) in [5, 5.41) is 3.09. The molecule has 4 aromatic carbocycles. The van der Waals surface area contributed by atoms with Crippen molar-refractivity contribution < 1.29 is 0 Å². The molecule has 0 atom stereocenters. The van der Waals surface area contributed by atoms with Gasteiger partial charge in [0, 0.05) is 17.1 Å². The van der Waals surface area contributed by atoms with Crippen LogP contribution in [0.4, 0.5) is 0 Å². The number of nitrogens with zero attached hydrogens (tertiary/aromatic N) is 2. The molecule has 148 valence electrons. The van der Waals surface area contributed by atoms with Crippen LogP contribution in [0.5, 0.6) is 0 Å². The fourth-order valence-corrected chi connectivity index (χ4v) is 4.74. The van der Waals surface area contributed by atoms with Crippen molar-refractivity contribution in [3.63, 3.8) is 0 Å². The Labute approximate surface area is 189 Å². The lowest BCUT2D eigenvalue weighted by Gasteiger charge is -2.17. The minimum absolute atomic E-state index is 0.527. The fourth-order valence-electron chi connectivity index (χ4n) is 4.42. The average Bonchev–Trinajstić information content (AvgIpc) is 3.20. The van der Waals surface area contributed by atoms with Crippen LogP contribution in [0.3, 0.4) is 0 Å². The van der Waals surface area contributed by atoms with Gasteiger partial charge in [0.25, 0.3) is 0 Å². The molecule has 0 spiro atoms. The molecule has 0 bridgehead atoms. The third-order valence-corrected chi connectivity index (χ3v) is 6.45. The Morgan fingerprint density at radius 1 is 0.613 bits per heavy atom. The number of aromatic nitrogens is 2. The highest BCUT2D eigenvalue weighted by atomic mass is 35.5. The summed E-state index contributed by atoms with van der Waals surface area (Å²) in [5.41, 5.74) is 7.38. The molecule has 2 nitrogen and oxygen atoms in total. The Bertz CT molecular complexity index is 1590. The van der Waals surface area contributed by atoms with Gasteiger partial charge in [-0.1, -0.05) is 89.9 Å². The van der Waals surface area contributed by atoms with Crippen molar-refractivity contribution >= 4 is 50.7 Å². The van der Waals surface area contributed by atoms with E-state index >= 15 is 0 Å². The minimum atomic E-state index is 0.527. The van der Waals surface area contributed by atoms with Crippen molar-refractivity contribution in [3.8, 4) is 22.3 Å².